The van der Waals surface area contributed by atoms with Crippen molar-refractivity contribution < 1.29 is 9.53 Å². The standard InChI is InChI=1S/C15H25N3O2/c1-3-20-15(19)13-14(16)18(11(2)17-13)10-6-9-12-7-4-5-8-12/h12H,3-10,16H2,1-2H3. The molecule has 2 N–H and O–H groups in total. The van der Waals surface area contributed by atoms with E-state index in [0.29, 0.717) is 12.4 Å². The third-order valence-corrected chi connectivity index (χ3v) is 4.14. The predicted octanol–water partition coefficient (Wildman–Crippen LogP) is 2.92. The van der Waals surface area contributed by atoms with E-state index >= 15 is 0 Å². The van der Waals surface area contributed by atoms with Crippen molar-refractivity contribution in [1.82, 2.24) is 9.55 Å². The number of aryl methyl sites for hydroxylation is 1. The van der Waals surface area contributed by atoms with Crippen LogP contribution in [0.5, 0.6) is 0 Å². The maximum absolute atomic E-state index is 11.7. The zero-order valence-electron chi connectivity index (χ0n) is 12.5. The zero-order valence-corrected chi connectivity index (χ0v) is 12.5. The molecule has 0 bridgehead atoms. The highest BCUT2D eigenvalue weighted by Crippen LogP contribution is 2.29. The number of nitrogens with zero attached hydrogens (tertiary/aromatic N) is 2. The first-order valence-corrected chi connectivity index (χ1v) is 7.63. The summed E-state index contributed by atoms with van der Waals surface area (Å²) in [6.45, 7) is 4.83. The Morgan fingerprint density at radius 2 is 2.15 bits per heavy atom. The van der Waals surface area contributed by atoms with E-state index in [0.717, 1.165) is 24.7 Å². The average Bonchev–Trinajstić information content (AvgIpc) is 3.01. The summed E-state index contributed by atoms with van der Waals surface area (Å²) in [5.74, 6) is 1.68. The van der Waals surface area contributed by atoms with Crippen molar-refractivity contribution in [1.29, 1.82) is 0 Å². The number of ether oxygens (including phenoxy) is 1. The third-order valence-electron chi connectivity index (χ3n) is 4.14. The van der Waals surface area contributed by atoms with Gasteiger partial charge in [0.05, 0.1) is 6.61 Å². The van der Waals surface area contributed by atoms with E-state index < -0.39 is 5.97 Å². The van der Waals surface area contributed by atoms with E-state index in [2.05, 4.69) is 4.98 Å². The van der Waals surface area contributed by atoms with E-state index in [4.69, 9.17) is 10.5 Å². The fraction of sp³-hybridized carbons (Fsp3) is 0.733. The van der Waals surface area contributed by atoms with Gasteiger partial charge in [-0.1, -0.05) is 25.7 Å². The number of carbonyl (C=O) groups is 1. The number of hydrogen-bond donors (Lipinski definition) is 1. The second-order valence-electron chi connectivity index (χ2n) is 5.56. The summed E-state index contributed by atoms with van der Waals surface area (Å²) in [4.78, 5) is 16.0. The molecule has 0 radical (unpaired) electrons. The summed E-state index contributed by atoms with van der Waals surface area (Å²) in [7, 11) is 0. The Bertz CT molecular complexity index is 462. The molecule has 0 spiro atoms. The van der Waals surface area contributed by atoms with Gasteiger partial charge in [0.25, 0.3) is 0 Å². The molecule has 0 aromatic carbocycles. The molecule has 112 valence electrons. The Kier molecular flexibility index (Phi) is 5.04. The summed E-state index contributed by atoms with van der Waals surface area (Å²) in [5, 5.41) is 0. The first kappa shape index (κ1) is 14.9. The maximum Gasteiger partial charge on any atom is 0.360 e. The minimum atomic E-state index is -0.428. The molecule has 0 saturated heterocycles. The molecular formula is C15H25N3O2. The Balaban J connectivity index is 1.95. The van der Waals surface area contributed by atoms with Gasteiger partial charge in [0.15, 0.2) is 5.69 Å². The van der Waals surface area contributed by atoms with E-state index in [1.165, 1.54) is 32.1 Å². The molecule has 2 rings (SSSR count). The van der Waals surface area contributed by atoms with Gasteiger partial charge in [0.1, 0.15) is 11.6 Å². The van der Waals surface area contributed by atoms with E-state index in [1.807, 2.05) is 11.5 Å². The molecule has 1 heterocycles. The molecule has 1 saturated carbocycles. The molecule has 0 unspecified atom stereocenters. The highest BCUT2D eigenvalue weighted by Gasteiger charge is 2.20. The molecule has 1 aromatic heterocycles. The largest absolute Gasteiger partial charge is 0.461 e. The molecule has 1 aliphatic carbocycles. The third kappa shape index (κ3) is 3.32. The lowest BCUT2D eigenvalue weighted by Gasteiger charge is -2.11. The number of carbonyl (C=O) groups excluding carboxylic acids is 1. The SMILES string of the molecule is CCOC(=O)c1nc(C)n(CCCC2CCCC2)c1N. The molecular weight excluding hydrogens is 254 g/mol. The second-order valence-corrected chi connectivity index (χ2v) is 5.56. The van der Waals surface area contributed by atoms with Gasteiger partial charge >= 0.3 is 5.97 Å². The number of rotatable bonds is 6. The van der Waals surface area contributed by atoms with Crippen molar-refractivity contribution in [2.45, 2.75) is 58.9 Å². The summed E-state index contributed by atoms with van der Waals surface area (Å²) >= 11 is 0. The lowest BCUT2D eigenvalue weighted by atomic mass is 10.0. The van der Waals surface area contributed by atoms with Crippen LogP contribution in [-0.4, -0.2) is 22.1 Å². The van der Waals surface area contributed by atoms with Gasteiger partial charge in [-0.2, -0.15) is 0 Å². The fourth-order valence-electron chi connectivity index (χ4n) is 3.05. The van der Waals surface area contributed by atoms with Gasteiger partial charge in [0, 0.05) is 6.54 Å². The normalized spacial score (nSPS) is 15.7. The summed E-state index contributed by atoms with van der Waals surface area (Å²) in [5.41, 5.74) is 6.28. The molecule has 1 aliphatic rings. The molecule has 0 amide bonds. The van der Waals surface area contributed by atoms with Gasteiger partial charge in [-0.05, 0) is 32.6 Å². The van der Waals surface area contributed by atoms with Crippen LogP contribution in [-0.2, 0) is 11.3 Å². The number of anilines is 1. The van der Waals surface area contributed by atoms with Crippen LogP contribution in [0.15, 0.2) is 0 Å². The highest BCUT2D eigenvalue weighted by molar-refractivity contribution is 5.92. The van der Waals surface area contributed by atoms with Gasteiger partial charge in [0.2, 0.25) is 0 Å². The van der Waals surface area contributed by atoms with Crippen LogP contribution in [0.25, 0.3) is 0 Å². The van der Waals surface area contributed by atoms with Crippen LogP contribution in [0.3, 0.4) is 0 Å². The number of nitrogens with two attached hydrogens (primary N) is 1. The molecule has 5 nitrogen and oxygen atoms in total. The minimum Gasteiger partial charge on any atom is -0.461 e. The molecule has 1 fully saturated rings. The fourth-order valence-corrected chi connectivity index (χ4v) is 3.05. The van der Waals surface area contributed by atoms with Crippen molar-refractivity contribution in [2.75, 3.05) is 12.3 Å². The van der Waals surface area contributed by atoms with Crippen LogP contribution in [0.1, 0.15) is 61.8 Å². The average molecular weight is 279 g/mol. The van der Waals surface area contributed by atoms with Crippen molar-refractivity contribution >= 4 is 11.8 Å². The molecule has 0 aliphatic heterocycles. The first-order chi connectivity index (χ1) is 9.63. The van der Waals surface area contributed by atoms with E-state index in [1.54, 1.807) is 6.92 Å². The zero-order chi connectivity index (χ0) is 14.5. The topological polar surface area (TPSA) is 70.1 Å². The summed E-state index contributed by atoms with van der Waals surface area (Å²) in [6, 6.07) is 0. The number of imidazole rings is 1. The van der Waals surface area contributed by atoms with E-state index in [9.17, 15) is 4.79 Å². The Morgan fingerprint density at radius 3 is 2.80 bits per heavy atom. The lowest BCUT2D eigenvalue weighted by Crippen LogP contribution is -2.10. The maximum atomic E-state index is 11.7. The van der Waals surface area contributed by atoms with Crippen LogP contribution in [0, 0.1) is 12.8 Å². The smallest absolute Gasteiger partial charge is 0.360 e. The molecule has 20 heavy (non-hydrogen) atoms. The van der Waals surface area contributed by atoms with E-state index in [-0.39, 0.29) is 5.69 Å². The second kappa shape index (κ2) is 6.77. The van der Waals surface area contributed by atoms with Gasteiger partial charge in [-0.3, -0.25) is 0 Å². The quantitative estimate of drug-likeness (QED) is 0.813. The Hall–Kier alpha value is -1.52. The van der Waals surface area contributed by atoms with Gasteiger partial charge < -0.3 is 15.0 Å². The molecule has 1 aromatic rings. The lowest BCUT2D eigenvalue weighted by molar-refractivity contribution is 0.0521. The number of nitrogen functional groups attached to an aromatic ring is 1. The monoisotopic (exact) mass is 279 g/mol. The van der Waals surface area contributed by atoms with Crippen molar-refractivity contribution in [3.63, 3.8) is 0 Å². The van der Waals surface area contributed by atoms with Crippen molar-refractivity contribution in [3.8, 4) is 0 Å². The minimum absolute atomic E-state index is 0.255. The van der Waals surface area contributed by atoms with Gasteiger partial charge in [-0.25, -0.2) is 9.78 Å². The van der Waals surface area contributed by atoms with Crippen molar-refractivity contribution in [2.24, 2.45) is 5.92 Å². The van der Waals surface area contributed by atoms with Crippen LogP contribution in [0.4, 0.5) is 5.82 Å². The summed E-state index contributed by atoms with van der Waals surface area (Å²) < 4.78 is 6.90. The molecule has 5 heteroatoms. The number of hydrogen-bond acceptors (Lipinski definition) is 4. The van der Waals surface area contributed by atoms with Crippen LogP contribution < -0.4 is 5.73 Å². The van der Waals surface area contributed by atoms with Crippen LogP contribution >= 0.6 is 0 Å². The number of esters is 1. The van der Waals surface area contributed by atoms with Gasteiger partial charge in [-0.15, -0.1) is 0 Å². The predicted molar refractivity (Wildman–Crippen MR) is 78.5 cm³/mol. The Labute approximate surface area is 120 Å². The first-order valence-electron chi connectivity index (χ1n) is 7.63. The van der Waals surface area contributed by atoms with Crippen molar-refractivity contribution in [3.05, 3.63) is 11.5 Å². The highest BCUT2D eigenvalue weighted by atomic mass is 16.5. The van der Waals surface area contributed by atoms with Crippen LogP contribution in [0.2, 0.25) is 0 Å². The number of aromatic nitrogens is 2. The summed E-state index contributed by atoms with van der Waals surface area (Å²) in [6.07, 6.45) is 7.83. The molecule has 0 atom stereocenters. The Morgan fingerprint density at radius 1 is 1.45 bits per heavy atom.